The highest BCUT2D eigenvalue weighted by Gasteiger charge is 2.22. The summed E-state index contributed by atoms with van der Waals surface area (Å²) in [5.74, 6) is -0.738. The molecule has 0 spiro atoms. The second-order valence-electron chi connectivity index (χ2n) is 3.60. The summed E-state index contributed by atoms with van der Waals surface area (Å²) in [4.78, 5) is 10.7. The van der Waals surface area contributed by atoms with Crippen LogP contribution in [0.4, 0.5) is 4.39 Å². The maximum absolute atomic E-state index is 13.3. The van der Waals surface area contributed by atoms with Crippen molar-refractivity contribution in [3.8, 4) is 0 Å². The van der Waals surface area contributed by atoms with E-state index in [2.05, 4.69) is 0 Å². The topological polar surface area (TPSA) is 57.5 Å². The Kier molecular flexibility index (Phi) is 5.88. The van der Waals surface area contributed by atoms with Crippen molar-refractivity contribution < 1.29 is 19.4 Å². The summed E-state index contributed by atoms with van der Waals surface area (Å²) < 4.78 is 13.3. The van der Waals surface area contributed by atoms with Gasteiger partial charge in [-0.1, -0.05) is 35.0 Å². The second kappa shape index (κ2) is 6.73. The minimum Gasteiger partial charge on any atom is -0.389 e. The molecule has 2 N–H and O–H groups in total. The molecule has 0 heterocycles. The summed E-state index contributed by atoms with van der Waals surface area (Å²) in [6.07, 6.45) is -2.60. The summed E-state index contributed by atoms with van der Waals surface area (Å²) in [6.45, 7) is 1.35. The maximum atomic E-state index is 13.3. The van der Waals surface area contributed by atoms with E-state index in [1.165, 1.54) is 6.92 Å². The van der Waals surface area contributed by atoms with Crippen molar-refractivity contribution in [2.75, 3.05) is 5.75 Å². The predicted molar refractivity (Wildman–Crippen MR) is 70.5 cm³/mol. The van der Waals surface area contributed by atoms with Gasteiger partial charge in [-0.15, -0.1) is 0 Å². The van der Waals surface area contributed by atoms with E-state index in [4.69, 9.17) is 23.2 Å². The van der Waals surface area contributed by atoms with Crippen LogP contribution in [-0.2, 0) is 4.79 Å². The minimum absolute atomic E-state index is 0.00290. The van der Waals surface area contributed by atoms with Gasteiger partial charge in [0, 0.05) is 23.3 Å². The van der Waals surface area contributed by atoms with Gasteiger partial charge in [0.2, 0.25) is 0 Å². The van der Waals surface area contributed by atoms with Crippen molar-refractivity contribution >= 4 is 40.1 Å². The number of hydrogen-bond donors (Lipinski definition) is 2. The summed E-state index contributed by atoms with van der Waals surface area (Å²) in [5.41, 5.74) is 0.0372. The first-order valence-electron chi connectivity index (χ1n) is 4.97. The predicted octanol–water partition coefficient (Wildman–Crippen LogP) is 2.81. The lowest BCUT2D eigenvalue weighted by molar-refractivity contribution is -0.109. The van der Waals surface area contributed by atoms with E-state index in [0.717, 1.165) is 23.9 Å². The van der Waals surface area contributed by atoms with E-state index in [1.54, 1.807) is 0 Å². The van der Waals surface area contributed by atoms with Crippen molar-refractivity contribution in [1.82, 2.24) is 0 Å². The number of halogens is 3. The van der Waals surface area contributed by atoms with E-state index in [9.17, 15) is 19.4 Å². The van der Waals surface area contributed by atoms with Gasteiger partial charge in [0.25, 0.3) is 0 Å². The maximum Gasteiger partial charge on any atom is 0.185 e. The lowest BCUT2D eigenvalue weighted by Gasteiger charge is -2.18. The molecule has 2 atom stereocenters. The van der Waals surface area contributed by atoms with Gasteiger partial charge in [0.15, 0.2) is 5.12 Å². The van der Waals surface area contributed by atoms with Gasteiger partial charge in [-0.2, -0.15) is 0 Å². The lowest BCUT2D eigenvalue weighted by atomic mass is 10.1. The molecule has 0 saturated carbocycles. The molecule has 1 aromatic carbocycles. The monoisotopic (exact) mass is 312 g/mol. The summed E-state index contributed by atoms with van der Waals surface area (Å²) in [7, 11) is 0. The molecule has 1 aromatic rings. The number of hydrogen-bond acceptors (Lipinski definition) is 4. The molecule has 0 aliphatic heterocycles. The van der Waals surface area contributed by atoms with Gasteiger partial charge in [0.1, 0.15) is 11.9 Å². The Morgan fingerprint density at radius 1 is 1.39 bits per heavy atom. The zero-order valence-corrected chi connectivity index (χ0v) is 11.7. The van der Waals surface area contributed by atoms with Crippen LogP contribution in [0.1, 0.15) is 18.6 Å². The van der Waals surface area contributed by atoms with Crippen LogP contribution >= 0.6 is 35.0 Å². The van der Waals surface area contributed by atoms with Gasteiger partial charge in [-0.05, 0) is 12.1 Å². The van der Waals surface area contributed by atoms with Gasteiger partial charge in [-0.25, -0.2) is 4.39 Å². The molecule has 0 fully saturated rings. The minimum atomic E-state index is -1.38. The van der Waals surface area contributed by atoms with Gasteiger partial charge >= 0.3 is 0 Å². The summed E-state index contributed by atoms with van der Waals surface area (Å²) in [5, 5.41) is 19.2. The Hall–Kier alpha value is -0.330. The van der Waals surface area contributed by atoms with Crippen LogP contribution in [0.2, 0.25) is 10.0 Å². The van der Waals surface area contributed by atoms with Gasteiger partial charge < -0.3 is 10.2 Å². The van der Waals surface area contributed by atoms with E-state index in [-0.39, 0.29) is 26.5 Å². The highest BCUT2D eigenvalue weighted by Crippen LogP contribution is 2.31. The molecule has 7 heteroatoms. The molecule has 18 heavy (non-hydrogen) atoms. The number of carbonyl (C=O) groups is 1. The number of rotatable bonds is 4. The van der Waals surface area contributed by atoms with E-state index < -0.39 is 18.0 Å². The van der Waals surface area contributed by atoms with E-state index >= 15 is 0 Å². The molecule has 1 rings (SSSR count). The molecule has 0 aromatic heterocycles. The molecule has 2 unspecified atom stereocenters. The van der Waals surface area contributed by atoms with Crippen LogP contribution in [0.15, 0.2) is 12.1 Å². The van der Waals surface area contributed by atoms with Crippen molar-refractivity contribution in [2.24, 2.45) is 0 Å². The molecule has 0 radical (unpaired) electrons. The molecule has 3 nitrogen and oxygen atoms in total. The van der Waals surface area contributed by atoms with Crippen LogP contribution in [0, 0.1) is 5.82 Å². The second-order valence-corrected chi connectivity index (χ2v) is 5.61. The highest BCUT2D eigenvalue weighted by atomic mass is 35.5. The van der Waals surface area contributed by atoms with Crippen molar-refractivity contribution in [3.63, 3.8) is 0 Å². The number of thioether (sulfide) groups is 1. The SMILES string of the molecule is CC(=O)SCC(O)C(O)c1cc(F)c(Cl)cc1Cl. The number of aliphatic hydroxyl groups is 2. The zero-order chi connectivity index (χ0) is 13.9. The number of aliphatic hydroxyl groups excluding tert-OH is 2. The van der Waals surface area contributed by atoms with Crippen molar-refractivity contribution in [3.05, 3.63) is 33.6 Å². The Morgan fingerprint density at radius 3 is 2.56 bits per heavy atom. The molecule has 0 aliphatic carbocycles. The lowest BCUT2D eigenvalue weighted by Crippen LogP contribution is -2.21. The van der Waals surface area contributed by atoms with Crippen molar-refractivity contribution in [1.29, 1.82) is 0 Å². The standard InChI is InChI=1S/C11H11Cl2FO3S/c1-5(15)18-4-10(16)11(17)6-2-9(14)8(13)3-7(6)12/h2-3,10-11,16-17H,4H2,1H3. The largest absolute Gasteiger partial charge is 0.389 e. The number of benzene rings is 1. The van der Waals surface area contributed by atoms with Crippen molar-refractivity contribution in [2.45, 2.75) is 19.1 Å². The fourth-order valence-electron chi connectivity index (χ4n) is 1.27. The number of carbonyl (C=O) groups excluding carboxylic acids is 1. The van der Waals surface area contributed by atoms with Crippen LogP contribution in [0.25, 0.3) is 0 Å². The molecule has 0 bridgehead atoms. The van der Waals surface area contributed by atoms with Crippen LogP contribution in [0.5, 0.6) is 0 Å². The first-order chi connectivity index (χ1) is 8.32. The first kappa shape index (κ1) is 15.7. The zero-order valence-electron chi connectivity index (χ0n) is 9.36. The average molecular weight is 313 g/mol. The third-order valence-corrected chi connectivity index (χ3v) is 3.71. The Labute approximate surface area is 118 Å². The third kappa shape index (κ3) is 4.10. The van der Waals surface area contributed by atoms with Gasteiger partial charge in [0.05, 0.1) is 11.1 Å². The fraction of sp³-hybridized carbons (Fsp3) is 0.364. The Morgan fingerprint density at radius 2 is 2.00 bits per heavy atom. The molecule has 0 amide bonds. The molecular weight excluding hydrogens is 302 g/mol. The quantitative estimate of drug-likeness (QED) is 0.839. The van der Waals surface area contributed by atoms with E-state index in [1.807, 2.05) is 0 Å². The van der Waals surface area contributed by atoms with Gasteiger partial charge in [-0.3, -0.25) is 4.79 Å². The highest BCUT2D eigenvalue weighted by molar-refractivity contribution is 8.13. The third-order valence-electron chi connectivity index (χ3n) is 2.18. The smallest absolute Gasteiger partial charge is 0.185 e. The molecule has 0 saturated heterocycles. The fourth-order valence-corrected chi connectivity index (χ4v) is 2.35. The average Bonchev–Trinajstić information content (AvgIpc) is 2.29. The van der Waals surface area contributed by atoms with E-state index in [0.29, 0.717) is 0 Å². The molecule has 100 valence electrons. The summed E-state index contributed by atoms with van der Waals surface area (Å²) in [6, 6.07) is 2.12. The molecule has 0 aliphatic rings. The first-order valence-corrected chi connectivity index (χ1v) is 6.71. The normalized spacial score (nSPS) is 14.3. The van der Waals surface area contributed by atoms with Crippen LogP contribution in [0.3, 0.4) is 0 Å². The summed E-state index contributed by atoms with van der Waals surface area (Å²) >= 11 is 12.2. The molecular formula is C11H11Cl2FO3S. The van der Waals surface area contributed by atoms with Crippen LogP contribution < -0.4 is 0 Å². The Balaban J connectivity index is 2.86. The Bertz CT molecular complexity index is 456. The van der Waals surface area contributed by atoms with Crippen LogP contribution in [-0.4, -0.2) is 27.2 Å².